The Morgan fingerprint density at radius 3 is 2.64 bits per heavy atom. The van der Waals surface area contributed by atoms with Gasteiger partial charge in [0, 0.05) is 18.4 Å². The minimum absolute atomic E-state index is 0.00271. The zero-order chi connectivity index (χ0) is 20.5. The molecule has 0 radical (unpaired) electrons. The van der Waals surface area contributed by atoms with E-state index < -0.39 is 5.97 Å². The number of aromatic hydroxyl groups is 1. The number of methoxy groups -OCH3 is 3. The summed E-state index contributed by atoms with van der Waals surface area (Å²) in [4.78, 5) is 11.8. The average molecular weight is 388 g/mol. The van der Waals surface area contributed by atoms with E-state index in [-0.39, 0.29) is 24.0 Å². The van der Waals surface area contributed by atoms with Crippen molar-refractivity contribution in [3.05, 3.63) is 65.3 Å². The third kappa shape index (κ3) is 5.57. The van der Waals surface area contributed by atoms with Crippen molar-refractivity contribution in [1.29, 1.82) is 0 Å². The summed E-state index contributed by atoms with van der Waals surface area (Å²) in [6.45, 7) is 0.104. The van der Waals surface area contributed by atoms with Crippen LogP contribution >= 0.6 is 0 Å². The first-order chi connectivity index (χ1) is 13.5. The normalized spacial score (nSPS) is 17.0. The number of carbonyl (C=O) groups is 1. The van der Waals surface area contributed by atoms with E-state index in [9.17, 15) is 15.0 Å². The Labute approximate surface area is 163 Å². The van der Waals surface area contributed by atoms with Gasteiger partial charge in [-0.3, -0.25) is 0 Å². The van der Waals surface area contributed by atoms with Crippen LogP contribution in [0.2, 0.25) is 0 Å². The topological polar surface area (TPSA) is 94.5 Å². The number of aliphatic hydroxyl groups is 1. The van der Waals surface area contributed by atoms with Crippen LogP contribution in [0.1, 0.15) is 12.0 Å². The molecule has 1 aliphatic carbocycles. The number of hydrogen-bond acceptors (Lipinski definition) is 7. The van der Waals surface area contributed by atoms with Crippen molar-refractivity contribution >= 4 is 12.0 Å². The molecule has 0 spiro atoms. The van der Waals surface area contributed by atoms with Crippen LogP contribution in [0.5, 0.6) is 11.5 Å². The Morgan fingerprint density at radius 1 is 1.18 bits per heavy atom. The third-order valence-corrected chi connectivity index (χ3v) is 4.07. The number of rotatable bonds is 8. The molecule has 0 fully saturated rings. The van der Waals surface area contributed by atoms with Crippen LogP contribution in [0.3, 0.4) is 0 Å². The second kappa shape index (κ2) is 10.1. The SMILES string of the molecule is COC1=CC(C=CCOC(=O)C=Cc2ccc(O)c(OC)c2)CC(OC)=C1O. The summed E-state index contributed by atoms with van der Waals surface area (Å²) in [5, 5.41) is 19.5. The van der Waals surface area contributed by atoms with Crippen molar-refractivity contribution in [2.45, 2.75) is 6.42 Å². The molecule has 0 aromatic heterocycles. The minimum atomic E-state index is -0.497. The van der Waals surface area contributed by atoms with E-state index in [0.717, 1.165) is 0 Å². The first-order valence-corrected chi connectivity index (χ1v) is 8.59. The van der Waals surface area contributed by atoms with Gasteiger partial charge in [0.1, 0.15) is 12.4 Å². The van der Waals surface area contributed by atoms with Gasteiger partial charge in [0.15, 0.2) is 23.0 Å². The Kier molecular flexibility index (Phi) is 7.56. The summed E-state index contributed by atoms with van der Waals surface area (Å²) in [5.74, 6) is 0.603. The summed E-state index contributed by atoms with van der Waals surface area (Å²) >= 11 is 0. The molecule has 150 valence electrons. The maximum absolute atomic E-state index is 11.8. The largest absolute Gasteiger partial charge is 0.504 e. The number of esters is 1. The number of phenols is 1. The van der Waals surface area contributed by atoms with Crippen LogP contribution < -0.4 is 4.74 Å². The second-order valence-electron chi connectivity index (χ2n) is 5.90. The van der Waals surface area contributed by atoms with E-state index in [4.69, 9.17) is 18.9 Å². The molecule has 1 atom stereocenters. The molecule has 2 N–H and O–H groups in total. The molecular formula is C21H24O7. The van der Waals surface area contributed by atoms with Crippen LogP contribution in [-0.2, 0) is 19.0 Å². The molecular weight excluding hydrogens is 364 g/mol. The van der Waals surface area contributed by atoms with Crippen LogP contribution in [0.25, 0.3) is 6.08 Å². The van der Waals surface area contributed by atoms with Gasteiger partial charge in [0.25, 0.3) is 0 Å². The highest BCUT2D eigenvalue weighted by molar-refractivity contribution is 5.87. The number of ether oxygens (including phenoxy) is 4. The maximum atomic E-state index is 11.8. The summed E-state index contributed by atoms with van der Waals surface area (Å²) in [5.41, 5.74) is 0.695. The summed E-state index contributed by atoms with van der Waals surface area (Å²) in [6.07, 6.45) is 8.70. The fourth-order valence-corrected chi connectivity index (χ4v) is 2.62. The number of allylic oxidation sites excluding steroid dienone is 3. The Bertz CT molecular complexity index is 818. The van der Waals surface area contributed by atoms with Crippen molar-refractivity contribution in [3.8, 4) is 11.5 Å². The molecule has 7 heteroatoms. The van der Waals surface area contributed by atoms with Crippen molar-refractivity contribution in [1.82, 2.24) is 0 Å². The van der Waals surface area contributed by atoms with Crippen molar-refractivity contribution in [2.24, 2.45) is 5.92 Å². The van der Waals surface area contributed by atoms with Crippen molar-refractivity contribution < 1.29 is 34.0 Å². The van der Waals surface area contributed by atoms with E-state index >= 15 is 0 Å². The molecule has 0 amide bonds. The molecule has 1 aliphatic rings. The summed E-state index contributed by atoms with van der Waals surface area (Å²) in [6, 6.07) is 4.75. The van der Waals surface area contributed by atoms with Gasteiger partial charge in [-0.2, -0.15) is 0 Å². The Hall–Kier alpha value is -3.35. The summed E-state index contributed by atoms with van der Waals surface area (Å²) < 4.78 is 20.4. The van der Waals surface area contributed by atoms with Crippen molar-refractivity contribution in [2.75, 3.05) is 27.9 Å². The quantitative estimate of drug-likeness (QED) is 0.400. The van der Waals surface area contributed by atoms with Gasteiger partial charge in [-0.1, -0.05) is 18.2 Å². The fourth-order valence-electron chi connectivity index (χ4n) is 2.62. The van der Waals surface area contributed by atoms with Crippen LogP contribution in [0.4, 0.5) is 0 Å². The molecule has 1 aromatic rings. The first kappa shape index (κ1) is 21.0. The van der Waals surface area contributed by atoms with Gasteiger partial charge in [0.2, 0.25) is 0 Å². The Balaban J connectivity index is 1.86. The van der Waals surface area contributed by atoms with Crippen LogP contribution in [-0.4, -0.2) is 44.1 Å². The number of hydrogen-bond donors (Lipinski definition) is 2. The third-order valence-electron chi connectivity index (χ3n) is 4.07. The highest BCUT2D eigenvalue weighted by Crippen LogP contribution is 2.29. The molecule has 2 rings (SSSR count). The fraction of sp³-hybridized carbons (Fsp3) is 0.286. The molecule has 0 heterocycles. The zero-order valence-electron chi connectivity index (χ0n) is 16.0. The molecule has 28 heavy (non-hydrogen) atoms. The van der Waals surface area contributed by atoms with Crippen LogP contribution in [0.15, 0.2) is 59.8 Å². The lowest BCUT2D eigenvalue weighted by atomic mass is 9.97. The lowest BCUT2D eigenvalue weighted by molar-refractivity contribution is -0.136. The zero-order valence-corrected chi connectivity index (χ0v) is 16.0. The lowest BCUT2D eigenvalue weighted by Gasteiger charge is -2.20. The monoisotopic (exact) mass is 388 g/mol. The van der Waals surface area contributed by atoms with Gasteiger partial charge in [0.05, 0.1) is 21.3 Å². The van der Waals surface area contributed by atoms with Gasteiger partial charge >= 0.3 is 5.97 Å². The predicted octanol–water partition coefficient (Wildman–Crippen LogP) is 3.48. The van der Waals surface area contributed by atoms with E-state index in [0.29, 0.717) is 29.3 Å². The molecule has 0 aliphatic heterocycles. The number of aliphatic hydroxyl groups excluding tert-OH is 1. The van der Waals surface area contributed by atoms with E-state index in [1.807, 2.05) is 6.08 Å². The van der Waals surface area contributed by atoms with Gasteiger partial charge in [-0.25, -0.2) is 4.79 Å². The van der Waals surface area contributed by atoms with E-state index in [1.165, 1.54) is 33.5 Å². The molecule has 0 saturated carbocycles. The maximum Gasteiger partial charge on any atom is 0.331 e. The second-order valence-corrected chi connectivity index (χ2v) is 5.90. The molecule has 1 aromatic carbocycles. The standard InChI is InChI=1S/C21H24O7/c1-25-17-11-14(6-8-16(17)22)7-9-20(23)28-10-4-5-15-12-18(26-2)21(24)19(13-15)27-3/h4-9,11-12,15,22,24H,10,13H2,1-3H3. The molecule has 0 bridgehead atoms. The Morgan fingerprint density at radius 2 is 1.96 bits per heavy atom. The highest BCUT2D eigenvalue weighted by atomic mass is 16.5. The molecule has 1 unspecified atom stereocenters. The van der Waals surface area contributed by atoms with E-state index in [2.05, 4.69) is 0 Å². The molecule has 7 nitrogen and oxygen atoms in total. The lowest BCUT2D eigenvalue weighted by Crippen LogP contribution is -2.11. The van der Waals surface area contributed by atoms with Crippen molar-refractivity contribution in [3.63, 3.8) is 0 Å². The minimum Gasteiger partial charge on any atom is -0.504 e. The summed E-state index contributed by atoms with van der Waals surface area (Å²) in [7, 11) is 4.41. The molecule has 0 saturated heterocycles. The number of carbonyl (C=O) groups excluding carboxylic acids is 1. The van der Waals surface area contributed by atoms with Gasteiger partial charge < -0.3 is 29.2 Å². The highest BCUT2D eigenvalue weighted by Gasteiger charge is 2.22. The first-order valence-electron chi connectivity index (χ1n) is 8.59. The predicted molar refractivity (Wildman–Crippen MR) is 104 cm³/mol. The number of phenolic OH excluding ortho intramolecular Hbond substituents is 1. The average Bonchev–Trinajstić information content (AvgIpc) is 2.71. The number of benzene rings is 1. The smallest absolute Gasteiger partial charge is 0.331 e. The van der Waals surface area contributed by atoms with Crippen LogP contribution in [0, 0.1) is 5.92 Å². The van der Waals surface area contributed by atoms with Gasteiger partial charge in [-0.05, 0) is 29.8 Å². The van der Waals surface area contributed by atoms with Gasteiger partial charge in [-0.15, -0.1) is 0 Å². The van der Waals surface area contributed by atoms with E-state index in [1.54, 1.807) is 30.4 Å².